The van der Waals surface area contributed by atoms with Crippen molar-refractivity contribution in [2.24, 2.45) is 0 Å². The number of carbonyl (C=O) groups is 2. The minimum absolute atomic E-state index is 0.0302. The van der Waals surface area contributed by atoms with Gasteiger partial charge in [0.15, 0.2) is 5.78 Å². The fraction of sp³-hybridized carbons (Fsp3) is 0.815. The number of nitrogens with zero attached hydrogens (tertiary/aromatic N) is 3. The van der Waals surface area contributed by atoms with Crippen LogP contribution in [0.4, 0.5) is 0 Å². The van der Waals surface area contributed by atoms with Crippen molar-refractivity contribution in [3.63, 3.8) is 0 Å². The Hall–Kier alpha value is -0.700. The molecule has 1 amide bonds. The molecule has 2 aliphatic heterocycles. The van der Waals surface area contributed by atoms with E-state index in [0.717, 1.165) is 18.6 Å². The summed E-state index contributed by atoms with van der Waals surface area (Å²) < 4.78 is 28.4. The Morgan fingerprint density at radius 3 is 2.64 bits per heavy atom. The van der Waals surface area contributed by atoms with Crippen molar-refractivity contribution in [1.82, 2.24) is 9.57 Å². The highest BCUT2D eigenvalue weighted by molar-refractivity contribution is 8.77. The zero-order valence-electron chi connectivity index (χ0n) is 25.4. The molecule has 1 saturated heterocycles. The molecule has 0 radical (unpaired) electrons. The smallest absolute Gasteiger partial charge is 0.259 e. The molecule has 0 aromatic rings. The summed E-state index contributed by atoms with van der Waals surface area (Å²) >= 11 is 0. The van der Waals surface area contributed by atoms with Gasteiger partial charge in [0.1, 0.15) is 18.9 Å². The van der Waals surface area contributed by atoms with Gasteiger partial charge in [0.05, 0.1) is 19.1 Å². The standard InChI is InChI=1S/C27H46N3O6PS2/c1-19(2)30(20(3)4)37(34-13-12-28-8)36-23-16-26(35-24(23)18-31)29-17-21(22(32)15-25(29)33)11-9-10-14-38-39-27(5,6)7/h17,19-20,23-24,26,31H,9-16,18H2,1-7H3/i31D. The van der Waals surface area contributed by atoms with Crippen LogP contribution in [0.2, 0.25) is 0 Å². The molecule has 4 unspecified atom stereocenters. The summed E-state index contributed by atoms with van der Waals surface area (Å²) in [5.41, 5.74) is 0.643. The predicted octanol–water partition coefficient (Wildman–Crippen LogP) is 5.80. The van der Waals surface area contributed by atoms with Crippen LogP contribution < -0.4 is 0 Å². The van der Waals surface area contributed by atoms with Gasteiger partial charge in [-0.3, -0.25) is 14.5 Å². The Bertz CT molecular complexity index is 890. The number of ether oxygens (including phenoxy) is 1. The van der Waals surface area contributed by atoms with Gasteiger partial charge in [0.2, 0.25) is 13.9 Å². The van der Waals surface area contributed by atoms with Gasteiger partial charge in [-0.1, -0.05) is 42.4 Å². The first-order chi connectivity index (χ1) is 18.9. The molecule has 39 heavy (non-hydrogen) atoms. The van der Waals surface area contributed by atoms with Crippen LogP contribution in [0.25, 0.3) is 4.85 Å². The number of unbranched alkanes of at least 4 members (excludes halogenated alkanes) is 1. The zero-order chi connectivity index (χ0) is 29.9. The highest BCUT2D eigenvalue weighted by Crippen LogP contribution is 2.49. The molecule has 0 aromatic heterocycles. The first-order valence-electron chi connectivity index (χ1n) is 14.1. The van der Waals surface area contributed by atoms with Gasteiger partial charge in [0, 0.05) is 40.8 Å². The van der Waals surface area contributed by atoms with Gasteiger partial charge in [-0.25, -0.2) is 11.2 Å². The summed E-state index contributed by atoms with van der Waals surface area (Å²) in [6.45, 7) is 22.4. The van der Waals surface area contributed by atoms with Crippen LogP contribution in [-0.4, -0.2) is 88.6 Å². The number of rotatable bonds is 17. The van der Waals surface area contributed by atoms with Gasteiger partial charge in [-0.2, -0.15) is 0 Å². The lowest BCUT2D eigenvalue weighted by atomic mass is 9.99. The summed E-state index contributed by atoms with van der Waals surface area (Å²) in [5, 5.41) is 4.68. The number of amides is 1. The van der Waals surface area contributed by atoms with Crippen LogP contribution in [0.15, 0.2) is 11.8 Å². The van der Waals surface area contributed by atoms with Gasteiger partial charge < -0.3 is 23.7 Å². The van der Waals surface area contributed by atoms with Crippen molar-refractivity contribution in [3.05, 3.63) is 23.2 Å². The fourth-order valence-corrected chi connectivity index (χ4v) is 8.51. The van der Waals surface area contributed by atoms with Crippen molar-refractivity contribution in [2.75, 3.05) is 25.5 Å². The van der Waals surface area contributed by atoms with E-state index in [1.807, 2.05) is 21.6 Å². The van der Waals surface area contributed by atoms with E-state index in [0.29, 0.717) is 18.4 Å². The van der Waals surface area contributed by atoms with E-state index in [1.54, 1.807) is 6.20 Å². The summed E-state index contributed by atoms with van der Waals surface area (Å²) in [6, 6.07) is 0.266. The molecule has 12 heteroatoms. The van der Waals surface area contributed by atoms with E-state index in [2.05, 4.69) is 63.1 Å². The third kappa shape index (κ3) is 11.2. The third-order valence-corrected chi connectivity index (χ3v) is 11.6. The Balaban J connectivity index is 2.11. The van der Waals surface area contributed by atoms with Crippen molar-refractivity contribution in [1.29, 1.82) is 1.43 Å². The molecule has 1 N–H and O–H groups in total. The lowest BCUT2D eigenvalue weighted by Crippen LogP contribution is -2.41. The summed E-state index contributed by atoms with van der Waals surface area (Å²) in [4.78, 5) is 30.5. The molecular formula is C27H46N3O6PS2. The first kappa shape index (κ1) is 32.8. The molecule has 222 valence electrons. The van der Waals surface area contributed by atoms with Crippen LogP contribution >= 0.6 is 30.1 Å². The summed E-state index contributed by atoms with van der Waals surface area (Å²) in [5.74, 6) is 0.579. The number of allylic oxidation sites excluding steroid dienone is 1. The Morgan fingerprint density at radius 2 is 2.03 bits per heavy atom. The SMILES string of the molecule is [2H]OCC1OC(N2C=C(CCCCSSC(C)(C)C)C(=O)CC2=O)CC1OP(OCC[N+]#[C-])N(C(C)C)C(C)C. The molecule has 0 saturated carbocycles. The van der Waals surface area contributed by atoms with Gasteiger partial charge >= 0.3 is 0 Å². The third-order valence-electron chi connectivity index (χ3n) is 6.02. The minimum Gasteiger partial charge on any atom is -0.394 e. The van der Waals surface area contributed by atoms with E-state index in [4.69, 9.17) is 21.8 Å². The van der Waals surface area contributed by atoms with Crippen LogP contribution in [0.3, 0.4) is 0 Å². The van der Waals surface area contributed by atoms with E-state index >= 15 is 0 Å². The normalized spacial score (nSPS) is 23.5. The average molecular weight is 605 g/mol. The minimum atomic E-state index is -1.53. The molecule has 0 bridgehead atoms. The number of hydrogen-bond acceptors (Lipinski definition) is 9. The van der Waals surface area contributed by atoms with Crippen LogP contribution in [-0.2, 0) is 23.4 Å². The van der Waals surface area contributed by atoms with Crippen LogP contribution in [0.5, 0.6) is 0 Å². The first-order valence-corrected chi connectivity index (χ1v) is 17.1. The monoisotopic (exact) mass is 604 g/mol. The van der Waals surface area contributed by atoms with E-state index in [-0.39, 0.29) is 54.7 Å². The topological polar surface area (TPSA) is 92.9 Å². The second kappa shape index (κ2) is 16.7. The van der Waals surface area contributed by atoms with Crippen molar-refractivity contribution in [2.45, 2.75) is 116 Å². The molecule has 1 fully saturated rings. The van der Waals surface area contributed by atoms with E-state index in [1.165, 1.54) is 4.90 Å². The van der Waals surface area contributed by atoms with E-state index in [9.17, 15) is 9.59 Å². The largest absolute Gasteiger partial charge is 0.394 e. The number of aliphatic hydroxyl groups excluding tert-OH is 1. The van der Waals surface area contributed by atoms with Gasteiger partial charge in [-0.05, 0) is 47.0 Å². The highest BCUT2D eigenvalue weighted by atomic mass is 33.1. The quantitative estimate of drug-likeness (QED) is 0.0727. The maximum absolute atomic E-state index is 12.9. The van der Waals surface area contributed by atoms with Crippen LogP contribution in [0.1, 0.15) is 80.6 Å². The number of ketones is 1. The molecule has 0 aromatic carbocycles. The molecular weight excluding hydrogens is 557 g/mol. The zero-order valence-corrected chi connectivity index (χ0v) is 26.9. The van der Waals surface area contributed by atoms with Gasteiger partial charge in [-0.15, -0.1) is 0 Å². The van der Waals surface area contributed by atoms with Crippen molar-refractivity contribution in [3.8, 4) is 0 Å². The number of Topliss-reactive ketones (excluding diaryl/α,β-unsaturated/α-hetero) is 1. The number of carbonyl (C=O) groups excluding carboxylic acids is 2. The molecule has 0 spiro atoms. The fourth-order valence-electron chi connectivity index (χ4n) is 4.33. The molecule has 9 nitrogen and oxygen atoms in total. The summed E-state index contributed by atoms with van der Waals surface area (Å²) in [6.07, 6.45) is 2.60. The molecule has 2 rings (SSSR count). The lowest BCUT2D eigenvalue weighted by Gasteiger charge is -2.37. The lowest BCUT2D eigenvalue weighted by molar-refractivity contribution is -0.144. The van der Waals surface area contributed by atoms with Crippen molar-refractivity contribution >= 4 is 41.8 Å². The maximum Gasteiger partial charge on any atom is 0.259 e. The Kier molecular flexibility index (Phi) is 14.0. The Labute approximate surface area is 245 Å². The predicted molar refractivity (Wildman–Crippen MR) is 160 cm³/mol. The summed E-state index contributed by atoms with van der Waals surface area (Å²) in [7, 11) is 2.18. The van der Waals surface area contributed by atoms with Crippen LogP contribution in [0, 0.1) is 6.57 Å². The molecule has 2 heterocycles. The maximum atomic E-state index is 12.9. The molecule has 2 aliphatic rings. The molecule has 4 atom stereocenters. The van der Waals surface area contributed by atoms with E-state index < -0.39 is 27.0 Å². The second-order valence-electron chi connectivity index (χ2n) is 11.2. The van der Waals surface area contributed by atoms with Crippen molar-refractivity contribution < 1.29 is 28.5 Å². The second-order valence-corrected chi connectivity index (χ2v) is 15.9. The highest BCUT2D eigenvalue weighted by Gasteiger charge is 2.44. The molecule has 0 aliphatic carbocycles. The number of hydrogen-bond donors (Lipinski definition) is 1. The van der Waals surface area contributed by atoms with Gasteiger partial charge in [0.25, 0.3) is 8.53 Å². The Morgan fingerprint density at radius 1 is 1.31 bits per heavy atom. The average Bonchev–Trinajstić information content (AvgIpc) is 3.23. The number of aliphatic hydroxyl groups is 1.